The summed E-state index contributed by atoms with van der Waals surface area (Å²) in [4.78, 5) is 16.4. The fraction of sp³-hybridized carbons (Fsp3) is 0.231. The zero-order valence-corrected chi connectivity index (χ0v) is 19.3. The number of rotatable bonds is 8. The van der Waals surface area contributed by atoms with E-state index < -0.39 is 5.91 Å². The number of anilines is 2. The number of primary amides is 1. The fourth-order valence-electron chi connectivity index (χ4n) is 3.99. The summed E-state index contributed by atoms with van der Waals surface area (Å²) in [5.41, 5.74) is 12.0. The highest BCUT2D eigenvalue weighted by atomic mass is 16.5. The first-order valence-corrected chi connectivity index (χ1v) is 10.9. The molecule has 1 amide bonds. The van der Waals surface area contributed by atoms with Crippen LogP contribution in [-0.4, -0.2) is 29.0 Å². The maximum Gasteiger partial charge on any atom is 0.255 e. The summed E-state index contributed by atoms with van der Waals surface area (Å²) < 4.78 is 13.3. The van der Waals surface area contributed by atoms with Gasteiger partial charge in [0, 0.05) is 23.5 Å². The van der Waals surface area contributed by atoms with Crippen LogP contribution < -0.4 is 20.5 Å². The molecule has 0 aliphatic rings. The van der Waals surface area contributed by atoms with Crippen molar-refractivity contribution < 1.29 is 14.3 Å². The van der Waals surface area contributed by atoms with Crippen LogP contribution in [0.5, 0.6) is 11.5 Å². The van der Waals surface area contributed by atoms with Gasteiger partial charge in [0.05, 0.1) is 7.11 Å². The highest BCUT2D eigenvalue weighted by molar-refractivity contribution is 5.86. The van der Waals surface area contributed by atoms with E-state index in [9.17, 15) is 4.79 Å². The molecule has 2 heterocycles. The number of nitrogens with zero attached hydrogens (tertiary/aromatic N) is 2. The number of carbonyl (C=O) groups is 1. The molecule has 170 valence electrons. The Balaban J connectivity index is 1.98. The van der Waals surface area contributed by atoms with Crippen LogP contribution in [0.25, 0.3) is 16.9 Å². The number of imidazole rings is 1. The molecule has 0 fully saturated rings. The molecule has 33 heavy (non-hydrogen) atoms. The number of hydrogen-bond acceptors (Lipinski definition) is 5. The van der Waals surface area contributed by atoms with E-state index in [1.54, 1.807) is 13.2 Å². The van der Waals surface area contributed by atoms with Gasteiger partial charge < -0.3 is 20.5 Å². The number of benzene rings is 2. The molecule has 4 rings (SSSR count). The van der Waals surface area contributed by atoms with Crippen molar-refractivity contribution in [1.82, 2.24) is 9.38 Å². The average molecular weight is 445 g/mol. The van der Waals surface area contributed by atoms with Crippen molar-refractivity contribution in [2.24, 2.45) is 5.73 Å². The molecule has 0 saturated carbocycles. The molecule has 2 aromatic carbocycles. The van der Waals surface area contributed by atoms with Crippen LogP contribution in [0.15, 0.2) is 54.7 Å². The van der Waals surface area contributed by atoms with Crippen LogP contribution in [0, 0.1) is 13.8 Å². The minimum Gasteiger partial charge on any atom is -0.497 e. The van der Waals surface area contributed by atoms with Crippen molar-refractivity contribution in [3.05, 3.63) is 71.4 Å². The lowest BCUT2D eigenvalue weighted by Crippen LogP contribution is -2.20. The summed E-state index contributed by atoms with van der Waals surface area (Å²) >= 11 is 0. The number of amides is 1. The van der Waals surface area contributed by atoms with Crippen molar-refractivity contribution >= 4 is 23.1 Å². The largest absolute Gasteiger partial charge is 0.497 e. The SMILES string of the molecule is CCc1cc(OC)cc(OCC(N)=O)c1-c1nc2ccccn2c1Nc1c(C)cccc1C. The Bertz CT molecular complexity index is 1310. The van der Waals surface area contributed by atoms with Crippen molar-refractivity contribution in [3.63, 3.8) is 0 Å². The molecule has 0 radical (unpaired) electrons. The third kappa shape index (κ3) is 4.35. The first-order valence-electron chi connectivity index (χ1n) is 10.9. The summed E-state index contributed by atoms with van der Waals surface area (Å²) in [6, 6.07) is 15.8. The lowest BCUT2D eigenvalue weighted by atomic mass is 10.00. The lowest BCUT2D eigenvalue weighted by molar-refractivity contribution is -0.119. The second-order valence-electron chi connectivity index (χ2n) is 7.90. The highest BCUT2D eigenvalue weighted by Crippen LogP contribution is 2.42. The summed E-state index contributed by atoms with van der Waals surface area (Å²) in [7, 11) is 1.60. The minimum atomic E-state index is -0.550. The standard InChI is InChI=1S/C26H28N4O3/c1-5-18-13-19(32-4)14-20(33-15-21(27)31)23(18)25-26(30-12-7-6-11-22(30)28-25)29-24-16(2)9-8-10-17(24)3/h6-14,29H,5,15H2,1-4H3,(H2,27,31). The van der Waals surface area contributed by atoms with Gasteiger partial charge in [-0.15, -0.1) is 0 Å². The van der Waals surface area contributed by atoms with Crippen LogP contribution in [-0.2, 0) is 11.2 Å². The molecule has 0 unspecified atom stereocenters. The molecule has 0 aliphatic heterocycles. The van der Waals surface area contributed by atoms with E-state index in [-0.39, 0.29) is 6.61 Å². The number of nitrogens with two attached hydrogens (primary N) is 1. The quantitative estimate of drug-likeness (QED) is 0.407. The van der Waals surface area contributed by atoms with E-state index in [1.165, 1.54) is 0 Å². The van der Waals surface area contributed by atoms with Crippen LogP contribution in [0.1, 0.15) is 23.6 Å². The third-order valence-corrected chi connectivity index (χ3v) is 5.64. The Hall–Kier alpha value is -4.00. The number of aromatic nitrogens is 2. The Morgan fingerprint density at radius 3 is 2.55 bits per heavy atom. The molecule has 7 heteroatoms. The van der Waals surface area contributed by atoms with Gasteiger partial charge in [0.1, 0.15) is 28.7 Å². The number of aryl methyl sites for hydroxylation is 3. The van der Waals surface area contributed by atoms with E-state index in [0.29, 0.717) is 11.5 Å². The maximum atomic E-state index is 11.5. The fourth-order valence-corrected chi connectivity index (χ4v) is 3.99. The number of hydrogen-bond donors (Lipinski definition) is 2. The smallest absolute Gasteiger partial charge is 0.255 e. The summed E-state index contributed by atoms with van der Waals surface area (Å²) in [6.07, 6.45) is 2.69. The number of pyridine rings is 1. The summed E-state index contributed by atoms with van der Waals surface area (Å²) in [5.74, 6) is 1.40. The Labute approximate surface area is 193 Å². The molecule has 0 aliphatic carbocycles. The van der Waals surface area contributed by atoms with Gasteiger partial charge in [-0.05, 0) is 55.2 Å². The molecule has 2 aromatic heterocycles. The van der Waals surface area contributed by atoms with Gasteiger partial charge in [0.2, 0.25) is 0 Å². The molecule has 0 spiro atoms. The Kier molecular flexibility index (Phi) is 6.22. The van der Waals surface area contributed by atoms with Gasteiger partial charge in [-0.1, -0.05) is 31.2 Å². The molecule has 4 aromatic rings. The first kappa shape index (κ1) is 22.2. The van der Waals surface area contributed by atoms with Crippen LogP contribution >= 0.6 is 0 Å². The number of nitrogens with one attached hydrogen (secondary N) is 1. The van der Waals surface area contributed by atoms with Crippen LogP contribution in [0.4, 0.5) is 11.5 Å². The normalized spacial score (nSPS) is 10.9. The van der Waals surface area contributed by atoms with Gasteiger partial charge in [-0.3, -0.25) is 9.20 Å². The number of ether oxygens (including phenoxy) is 2. The molecule has 7 nitrogen and oxygen atoms in total. The van der Waals surface area contributed by atoms with Crippen molar-refractivity contribution in [3.8, 4) is 22.8 Å². The average Bonchev–Trinajstić information content (AvgIpc) is 3.17. The zero-order chi connectivity index (χ0) is 23.5. The monoisotopic (exact) mass is 444 g/mol. The van der Waals surface area contributed by atoms with E-state index in [1.807, 2.05) is 40.9 Å². The highest BCUT2D eigenvalue weighted by Gasteiger charge is 2.23. The predicted molar refractivity (Wildman–Crippen MR) is 130 cm³/mol. The number of para-hydroxylation sites is 1. The molecular formula is C26H28N4O3. The Morgan fingerprint density at radius 1 is 1.12 bits per heavy atom. The minimum absolute atomic E-state index is 0.240. The molecular weight excluding hydrogens is 416 g/mol. The molecule has 3 N–H and O–H groups in total. The zero-order valence-electron chi connectivity index (χ0n) is 19.3. The van der Waals surface area contributed by atoms with Crippen molar-refractivity contribution in [1.29, 1.82) is 0 Å². The molecule has 0 atom stereocenters. The second-order valence-corrected chi connectivity index (χ2v) is 7.90. The number of methoxy groups -OCH3 is 1. The van der Waals surface area contributed by atoms with Crippen molar-refractivity contribution in [2.45, 2.75) is 27.2 Å². The Morgan fingerprint density at radius 2 is 1.88 bits per heavy atom. The van der Waals surface area contributed by atoms with Crippen molar-refractivity contribution in [2.75, 3.05) is 19.0 Å². The van der Waals surface area contributed by atoms with E-state index in [0.717, 1.165) is 51.5 Å². The van der Waals surface area contributed by atoms with Gasteiger partial charge >= 0.3 is 0 Å². The van der Waals surface area contributed by atoms with Gasteiger partial charge in [0.15, 0.2) is 6.61 Å². The molecule has 0 bridgehead atoms. The second kappa shape index (κ2) is 9.24. The summed E-state index contributed by atoms with van der Waals surface area (Å²) in [6.45, 7) is 5.97. The summed E-state index contributed by atoms with van der Waals surface area (Å²) in [5, 5.41) is 3.62. The van der Waals surface area contributed by atoms with E-state index >= 15 is 0 Å². The van der Waals surface area contributed by atoms with E-state index in [2.05, 4.69) is 38.2 Å². The predicted octanol–water partition coefficient (Wildman–Crippen LogP) is 4.80. The first-order chi connectivity index (χ1) is 15.9. The van der Waals surface area contributed by atoms with Gasteiger partial charge in [-0.25, -0.2) is 4.98 Å². The number of carbonyl (C=O) groups excluding carboxylic acids is 1. The van der Waals surface area contributed by atoms with E-state index in [4.69, 9.17) is 20.2 Å². The van der Waals surface area contributed by atoms with Crippen LogP contribution in [0.2, 0.25) is 0 Å². The van der Waals surface area contributed by atoms with Gasteiger partial charge in [0.25, 0.3) is 5.91 Å². The number of fused-ring (bicyclic) bond motifs is 1. The topological polar surface area (TPSA) is 90.9 Å². The third-order valence-electron chi connectivity index (χ3n) is 5.64. The van der Waals surface area contributed by atoms with Crippen LogP contribution in [0.3, 0.4) is 0 Å². The maximum absolute atomic E-state index is 11.5. The molecule has 0 saturated heterocycles. The lowest BCUT2D eigenvalue weighted by Gasteiger charge is -2.18. The van der Waals surface area contributed by atoms with Gasteiger partial charge in [-0.2, -0.15) is 0 Å².